The van der Waals surface area contributed by atoms with Crippen molar-refractivity contribution in [3.8, 4) is 0 Å². The number of carbonyl (C=O) groups excluding carboxylic acids is 2. The molecule has 0 aromatic heterocycles. The van der Waals surface area contributed by atoms with Crippen LogP contribution in [0, 0.1) is 0 Å². The molecule has 0 bridgehead atoms. The first-order chi connectivity index (χ1) is 38.7. The van der Waals surface area contributed by atoms with Gasteiger partial charge in [-0.2, -0.15) is 0 Å². The van der Waals surface area contributed by atoms with E-state index in [0.29, 0.717) is 19.3 Å². The van der Waals surface area contributed by atoms with E-state index in [2.05, 4.69) is 44.3 Å². The average molecular weight is 1120 g/mol. The molecule has 79 heavy (non-hydrogen) atoms. The normalized spacial score (nSPS) is 19.1. The number of hydrogen-bond donors (Lipinski definition) is 6. The van der Waals surface area contributed by atoms with Crippen molar-refractivity contribution in [2.24, 2.45) is 0 Å². The quantitative estimate of drug-likeness (QED) is 0.0149. The van der Waals surface area contributed by atoms with E-state index in [4.69, 9.17) is 14.2 Å². The number of nitrogens with one attached hydrogen (secondary N) is 1. The lowest BCUT2D eigenvalue weighted by molar-refractivity contribution is -0.305. The van der Waals surface area contributed by atoms with E-state index in [1.54, 1.807) is 6.08 Å². The van der Waals surface area contributed by atoms with Crippen molar-refractivity contribution in [2.45, 2.75) is 359 Å². The predicted octanol–water partition coefficient (Wildman–Crippen LogP) is 16.4. The molecule has 11 nitrogen and oxygen atoms in total. The van der Waals surface area contributed by atoms with Gasteiger partial charge in [-0.1, -0.05) is 307 Å². The fraction of sp³-hybridized carbons (Fsp3) is 0.853. The van der Waals surface area contributed by atoms with Crippen LogP contribution in [0.1, 0.15) is 310 Å². The molecule has 1 aliphatic heterocycles. The first kappa shape index (κ1) is 74.6. The second kappa shape index (κ2) is 56.1. The third kappa shape index (κ3) is 43.9. The van der Waals surface area contributed by atoms with Crippen molar-refractivity contribution in [2.75, 3.05) is 13.2 Å². The van der Waals surface area contributed by atoms with Gasteiger partial charge in [-0.25, -0.2) is 0 Å². The van der Waals surface area contributed by atoms with Gasteiger partial charge in [-0.15, -0.1) is 0 Å². The van der Waals surface area contributed by atoms with E-state index in [1.807, 2.05) is 24.3 Å². The lowest BCUT2D eigenvalue weighted by Gasteiger charge is -2.41. The Kier molecular flexibility index (Phi) is 53.0. The van der Waals surface area contributed by atoms with Crippen LogP contribution in [0.3, 0.4) is 0 Å². The Morgan fingerprint density at radius 1 is 0.506 bits per heavy atom. The summed E-state index contributed by atoms with van der Waals surface area (Å²) in [5.41, 5.74) is 0. The molecule has 1 rings (SSSR count). The average Bonchev–Trinajstić information content (AvgIpc) is 3.47. The minimum atomic E-state index is -1.62. The Hall–Kier alpha value is -2.38. The second-order valence-corrected chi connectivity index (χ2v) is 23.2. The lowest BCUT2D eigenvalue weighted by atomic mass is 9.99. The highest BCUT2D eigenvalue weighted by Gasteiger charge is 2.47. The van der Waals surface area contributed by atoms with Gasteiger partial charge in [0.25, 0.3) is 0 Å². The van der Waals surface area contributed by atoms with E-state index in [1.165, 1.54) is 186 Å². The summed E-state index contributed by atoms with van der Waals surface area (Å²) in [4.78, 5) is 26.5. The summed E-state index contributed by atoms with van der Waals surface area (Å²) >= 11 is 0. The minimum Gasteiger partial charge on any atom is -0.454 e. The van der Waals surface area contributed by atoms with Crippen LogP contribution in [0.25, 0.3) is 0 Å². The number of unbranched alkanes of at least 4 members (excludes halogenated alkanes) is 39. The Balaban J connectivity index is 2.54. The zero-order chi connectivity index (χ0) is 57.5. The third-order valence-corrected chi connectivity index (χ3v) is 15.8. The van der Waals surface area contributed by atoms with Crippen molar-refractivity contribution in [1.29, 1.82) is 0 Å². The van der Waals surface area contributed by atoms with E-state index in [0.717, 1.165) is 77.0 Å². The van der Waals surface area contributed by atoms with E-state index in [9.17, 15) is 35.1 Å². The van der Waals surface area contributed by atoms with Crippen molar-refractivity contribution in [3.05, 3.63) is 48.6 Å². The number of amides is 1. The zero-order valence-corrected chi connectivity index (χ0v) is 51.2. The van der Waals surface area contributed by atoms with Crippen LogP contribution in [0.4, 0.5) is 0 Å². The van der Waals surface area contributed by atoms with E-state index < -0.39 is 67.4 Å². The second-order valence-electron chi connectivity index (χ2n) is 23.2. The largest absolute Gasteiger partial charge is 0.454 e. The first-order valence-electron chi connectivity index (χ1n) is 33.4. The van der Waals surface area contributed by atoms with Gasteiger partial charge in [0, 0.05) is 6.42 Å². The van der Waals surface area contributed by atoms with Gasteiger partial charge in [0.1, 0.15) is 24.4 Å². The molecule has 11 heteroatoms. The molecular formula is C68H125NO10. The van der Waals surface area contributed by atoms with Gasteiger partial charge in [0.15, 0.2) is 12.4 Å². The van der Waals surface area contributed by atoms with Gasteiger partial charge >= 0.3 is 5.97 Å². The molecule has 8 atom stereocenters. The summed E-state index contributed by atoms with van der Waals surface area (Å²) in [6.45, 7) is 5.66. The molecule has 6 N–H and O–H groups in total. The number of ether oxygens (including phenoxy) is 3. The molecule has 1 aliphatic rings. The van der Waals surface area contributed by atoms with Crippen molar-refractivity contribution in [3.63, 3.8) is 0 Å². The number of aliphatic hydroxyl groups is 5. The summed E-state index contributed by atoms with van der Waals surface area (Å²) in [6.07, 6.45) is 59.0. The monoisotopic (exact) mass is 1120 g/mol. The number of hydrogen-bond acceptors (Lipinski definition) is 10. The van der Waals surface area contributed by atoms with Crippen LogP contribution in [-0.2, 0) is 23.8 Å². The molecule has 0 spiro atoms. The smallest absolute Gasteiger partial charge is 0.306 e. The van der Waals surface area contributed by atoms with Gasteiger partial charge in [-0.3, -0.25) is 9.59 Å². The molecule has 0 aromatic carbocycles. The predicted molar refractivity (Wildman–Crippen MR) is 329 cm³/mol. The van der Waals surface area contributed by atoms with Gasteiger partial charge in [-0.05, 0) is 44.9 Å². The molecule has 1 amide bonds. The molecule has 8 unspecified atom stereocenters. The third-order valence-electron chi connectivity index (χ3n) is 15.8. The summed E-state index contributed by atoms with van der Waals surface area (Å²) in [5, 5.41) is 57.0. The maximum Gasteiger partial charge on any atom is 0.306 e. The Morgan fingerprint density at radius 3 is 1.35 bits per heavy atom. The van der Waals surface area contributed by atoms with E-state index in [-0.39, 0.29) is 13.0 Å². The molecule has 0 aromatic rings. The Bertz CT molecular complexity index is 1470. The standard InChI is InChI=1S/C68H125NO10/c1-4-7-10-13-16-19-22-24-25-26-27-28-29-30-31-32-33-34-35-36-38-40-43-46-49-52-55-61(72)67(76)69-59(60(71)54-51-48-45-42-39-21-18-15-12-9-6-3)58-77-68-66(65(75)64(74)62(57-70)78-68)79-63(73)56-53-50-47-44-41-37-23-20-17-14-11-8-5-2/h8,11,14,17,20,23,51,54,59-62,64-66,68,70-72,74-75H,4-7,9-10,12-13,15-16,18-19,21-22,24-50,52-53,55-58H2,1-3H3,(H,69,76)/b11-8+,17-14+,23-20-,54-51+. The summed E-state index contributed by atoms with van der Waals surface area (Å²) in [6, 6.07) is -1.03. The molecule has 0 radical (unpaired) electrons. The topological polar surface area (TPSA) is 175 Å². The zero-order valence-electron chi connectivity index (χ0n) is 51.2. The highest BCUT2D eigenvalue weighted by atomic mass is 16.7. The number of aliphatic hydroxyl groups excluding tert-OH is 5. The van der Waals surface area contributed by atoms with Crippen LogP contribution in [0.5, 0.6) is 0 Å². The van der Waals surface area contributed by atoms with Crippen molar-refractivity contribution >= 4 is 11.9 Å². The Morgan fingerprint density at radius 2 is 0.911 bits per heavy atom. The summed E-state index contributed by atoms with van der Waals surface area (Å²) < 4.78 is 17.6. The van der Waals surface area contributed by atoms with Gasteiger partial charge in [0.2, 0.25) is 5.91 Å². The van der Waals surface area contributed by atoms with Crippen molar-refractivity contribution in [1.82, 2.24) is 5.32 Å². The molecule has 0 saturated carbocycles. The van der Waals surface area contributed by atoms with Crippen LogP contribution in [-0.4, -0.2) is 99.6 Å². The van der Waals surface area contributed by atoms with Crippen LogP contribution in [0.2, 0.25) is 0 Å². The number of rotatable bonds is 57. The molecule has 1 saturated heterocycles. The summed E-state index contributed by atoms with van der Waals surface area (Å²) in [5.74, 6) is -1.21. The number of carbonyl (C=O) groups is 2. The molecule has 0 aliphatic carbocycles. The summed E-state index contributed by atoms with van der Waals surface area (Å²) in [7, 11) is 0. The minimum absolute atomic E-state index is 0.101. The maximum absolute atomic E-state index is 13.4. The first-order valence-corrected chi connectivity index (χ1v) is 33.4. The van der Waals surface area contributed by atoms with Gasteiger partial charge in [0.05, 0.1) is 25.4 Å². The van der Waals surface area contributed by atoms with Crippen LogP contribution in [0.15, 0.2) is 48.6 Å². The fourth-order valence-corrected chi connectivity index (χ4v) is 10.5. The Labute approximate surface area is 485 Å². The molecule has 1 heterocycles. The number of esters is 1. The number of allylic oxidation sites excluding steroid dienone is 7. The van der Waals surface area contributed by atoms with E-state index >= 15 is 0 Å². The maximum atomic E-state index is 13.4. The lowest BCUT2D eigenvalue weighted by Crippen LogP contribution is -2.61. The fourth-order valence-electron chi connectivity index (χ4n) is 10.5. The highest BCUT2D eigenvalue weighted by Crippen LogP contribution is 2.26. The molecule has 462 valence electrons. The van der Waals surface area contributed by atoms with Crippen LogP contribution >= 0.6 is 0 Å². The molecule has 1 fully saturated rings. The highest BCUT2D eigenvalue weighted by molar-refractivity contribution is 5.80. The SMILES string of the molecule is CC/C=C/C=C/C=C\CCCCCCCC(=O)OC1C(OCC(NC(=O)C(O)CCCCCCCCCCCCCCCCCCCCCCCCCCCC)C(O)/C=C/CCCCCCCCCCC)OC(CO)C(O)C1O. The van der Waals surface area contributed by atoms with Crippen LogP contribution < -0.4 is 5.32 Å². The van der Waals surface area contributed by atoms with Crippen molar-refractivity contribution < 1.29 is 49.3 Å². The molecular weight excluding hydrogens is 991 g/mol. The van der Waals surface area contributed by atoms with Gasteiger partial charge < -0.3 is 45.1 Å².